The molecule has 0 saturated heterocycles. The maximum atomic E-state index is 15.6. The van der Waals surface area contributed by atoms with E-state index in [1.54, 1.807) is 42.5 Å². The average molecular weight is 463 g/mol. The summed E-state index contributed by atoms with van der Waals surface area (Å²) in [6.07, 6.45) is 0.365. The van der Waals surface area contributed by atoms with E-state index in [4.69, 9.17) is 23.1 Å². The summed E-state index contributed by atoms with van der Waals surface area (Å²) in [6.45, 7) is 0. The first-order valence-electron chi connectivity index (χ1n) is 8.69. The Hall–Kier alpha value is -2.87. The first-order valence-corrected chi connectivity index (χ1v) is 9.89. The first-order chi connectivity index (χ1) is 13.9. The third-order valence-electron chi connectivity index (χ3n) is 4.44. The summed E-state index contributed by atoms with van der Waals surface area (Å²) in [5.41, 5.74) is 14.5. The zero-order chi connectivity index (χ0) is 20.5. The maximum Gasteiger partial charge on any atom is 0.316 e. The molecule has 0 radical (unpaired) electrons. The van der Waals surface area contributed by atoms with Crippen molar-refractivity contribution in [3.8, 4) is 11.1 Å². The van der Waals surface area contributed by atoms with Gasteiger partial charge in [-0.3, -0.25) is 0 Å². The molecule has 1 aromatic heterocycles. The molecule has 0 aliphatic carbocycles. The van der Waals surface area contributed by atoms with Crippen molar-refractivity contribution in [2.75, 3.05) is 11.1 Å². The number of hydrogen-bond donors (Lipinski definition) is 3. The van der Waals surface area contributed by atoms with Gasteiger partial charge < -0.3 is 16.8 Å². The van der Waals surface area contributed by atoms with E-state index in [1.165, 1.54) is 11.3 Å². The number of nitrogens with two attached hydrogens (primary N) is 2. The second-order valence-corrected chi connectivity index (χ2v) is 8.00. The highest BCUT2D eigenvalue weighted by molar-refractivity contribution is 7.22. The molecular weight excluding hydrogens is 446 g/mol. The fourth-order valence-electron chi connectivity index (χ4n) is 3.22. The van der Waals surface area contributed by atoms with E-state index >= 15 is 4.39 Å². The molecule has 2 amide bonds. The van der Waals surface area contributed by atoms with Crippen molar-refractivity contribution in [1.82, 2.24) is 4.98 Å². The van der Waals surface area contributed by atoms with Gasteiger partial charge in [0.2, 0.25) is 0 Å². The van der Waals surface area contributed by atoms with E-state index in [1.807, 2.05) is 12.1 Å². The van der Waals surface area contributed by atoms with Crippen LogP contribution in [-0.4, -0.2) is 11.0 Å². The van der Waals surface area contributed by atoms with Crippen molar-refractivity contribution in [3.05, 3.63) is 76.6 Å². The second kappa shape index (κ2) is 8.87. The van der Waals surface area contributed by atoms with Crippen LogP contribution in [-0.2, 0) is 6.42 Å². The molecule has 0 atom stereocenters. The van der Waals surface area contributed by atoms with E-state index in [9.17, 15) is 4.79 Å². The fraction of sp³-hybridized carbons (Fsp3) is 0.0476. The number of halogens is 3. The van der Waals surface area contributed by atoms with Gasteiger partial charge in [0.1, 0.15) is 5.82 Å². The highest BCUT2D eigenvalue weighted by Crippen LogP contribution is 2.38. The van der Waals surface area contributed by atoms with Gasteiger partial charge in [-0.15, -0.1) is 12.4 Å². The molecule has 0 unspecified atom stereocenters. The number of nitrogen functional groups attached to an aromatic ring is 1. The molecule has 9 heteroatoms. The first kappa shape index (κ1) is 21.8. The number of amides is 2. The number of carbonyl (C=O) groups excluding carboxylic acids is 1. The Balaban J connectivity index is 0.00000256. The number of benzene rings is 3. The maximum absolute atomic E-state index is 15.6. The Bertz CT molecular complexity index is 1230. The van der Waals surface area contributed by atoms with Crippen molar-refractivity contribution in [3.63, 3.8) is 0 Å². The van der Waals surface area contributed by atoms with Crippen LogP contribution in [0.5, 0.6) is 0 Å². The van der Waals surface area contributed by atoms with Gasteiger partial charge in [0.05, 0.1) is 10.2 Å². The summed E-state index contributed by atoms with van der Waals surface area (Å²) in [6, 6.07) is 15.2. The summed E-state index contributed by atoms with van der Waals surface area (Å²) in [5.74, 6) is -0.357. The summed E-state index contributed by atoms with van der Waals surface area (Å²) in [5, 5.41) is 3.39. The number of aromatic nitrogens is 1. The average Bonchev–Trinajstić information content (AvgIpc) is 3.03. The molecule has 154 valence electrons. The van der Waals surface area contributed by atoms with Gasteiger partial charge in [-0.1, -0.05) is 47.2 Å². The minimum atomic E-state index is -0.636. The van der Waals surface area contributed by atoms with Crippen molar-refractivity contribution < 1.29 is 9.18 Å². The van der Waals surface area contributed by atoms with Crippen molar-refractivity contribution in [2.24, 2.45) is 5.73 Å². The number of thiazole rings is 1. The Morgan fingerprint density at radius 2 is 1.90 bits per heavy atom. The smallest absolute Gasteiger partial charge is 0.316 e. The number of nitrogens with zero attached hydrogens (tertiary/aromatic N) is 1. The number of rotatable bonds is 4. The number of hydrogen-bond acceptors (Lipinski definition) is 4. The predicted octanol–water partition coefficient (Wildman–Crippen LogP) is 5.84. The number of urea groups is 1. The van der Waals surface area contributed by atoms with Crippen LogP contribution in [0.1, 0.15) is 11.1 Å². The zero-order valence-corrected chi connectivity index (χ0v) is 17.9. The van der Waals surface area contributed by atoms with Crippen molar-refractivity contribution in [2.45, 2.75) is 6.42 Å². The summed E-state index contributed by atoms with van der Waals surface area (Å²) in [7, 11) is 0. The van der Waals surface area contributed by atoms with Crippen LogP contribution in [0.25, 0.3) is 21.3 Å². The molecular formula is C21H17Cl2FN4OS. The van der Waals surface area contributed by atoms with Crippen molar-refractivity contribution in [1.29, 1.82) is 0 Å². The van der Waals surface area contributed by atoms with Gasteiger partial charge in [-0.05, 0) is 47.0 Å². The molecule has 3 aromatic carbocycles. The van der Waals surface area contributed by atoms with E-state index in [0.717, 1.165) is 10.3 Å². The molecule has 0 fully saturated rings. The highest BCUT2D eigenvalue weighted by Gasteiger charge is 2.19. The van der Waals surface area contributed by atoms with Gasteiger partial charge in [-0.25, -0.2) is 14.2 Å². The third kappa shape index (κ3) is 4.48. The summed E-state index contributed by atoms with van der Waals surface area (Å²) in [4.78, 5) is 15.3. The lowest BCUT2D eigenvalue weighted by molar-refractivity contribution is 0.259. The third-order valence-corrected chi connectivity index (χ3v) is 5.51. The number of anilines is 2. The minimum absolute atomic E-state index is 0. The normalized spacial score (nSPS) is 10.6. The lowest BCUT2D eigenvalue weighted by atomic mass is 9.97. The molecule has 4 aromatic rings. The number of fused-ring (bicyclic) bond motifs is 1. The van der Waals surface area contributed by atoms with Crippen LogP contribution in [0, 0.1) is 5.82 Å². The van der Waals surface area contributed by atoms with Gasteiger partial charge in [0, 0.05) is 22.7 Å². The van der Waals surface area contributed by atoms with Gasteiger partial charge in [0.25, 0.3) is 0 Å². The lowest BCUT2D eigenvalue weighted by Gasteiger charge is -2.11. The molecule has 4 rings (SSSR count). The Morgan fingerprint density at radius 1 is 1.17 bits per heavy atom. The van der Waals surface area contributed by atoms with Crippen LogP contribution in [0.3, 0.4) is 0 Å². The molecule has 1 heterocycles. The summed E-state index contributed by atoms with van der Waals surface area (Å²) >= 11 is 7.43. The molecule has 30 heavy (non-hydrogen) atoms. The SMILES string of the molecule is Cl.NC(=O)Nc1ccc(Cc2cc3sc(N)nc3c(-c3cccc(Cl)c3)c2F)cc1. The molecule has 0 bridgehead atoms. The van der Waals surface area contributed by atoms with Crippen LogP contribution in [0.2, 0.25) is 5.02 Å². The van der Waals surface area contributed by atoms with E-state index in [-0.39, 0.29) is 18.2 Å². The van der Waals surface area contributed by atoms with Gasteiger partial charge >= 0.3 is 6.03 Å². The van der Waals surface area contributed by atoms with Gasteiger partial charge in [-0.2, -0.15) is 0 Å². The standard InChI is InChI=1S/C21H16ClFN4OS.ClH/c22-14-3-1-2-12(9-14)17-18(23)13(10-16-19(17)27-21(25)29-16)8-11-4-6-15(7-5-11)26-20(24)28;/h1-7,9-10H,8H2,(H2,25,27)(H3,24,26,28);1H. The molecule has 0 aliphatic rings. The summed E-state index contributed by atoms with van der Waals surface area (Å²) < 4.78 is 16.4. The van der Waals surface area contributed by atoms with Crippen LogP contribution >= 0.6 is 35.3 Å². The number of carbonyl (C=O) groups is 1. The number of primary amides is 1. The van der Waals surface area contributed by atoms with E-state index < -0.39 is 6.03 Å². The minimum Gasteiger partial charge on any atom is -0.375 e. The van der Waals surface area contributed by atoms with Gasteiger partial charge in [0.15, 0.2) is 5.13 Å². The van der Waals surface area contributed by atoms with Crippen LogP contribution < -0.4 is 16.8 Å². The van der Waals surface area contributed by atoms with E-state index in [0.29, 0.717) is 44.5 Å². The van der Waals surface area contributed by atoms with Crippen LogP contribution in [0.15, 0.2) is 54.6 Å². The molecule has 0 aliphatic heterocycles. The lowest BCUT2D eigenvalue weighted by Crippen LogP contribution is -2.19. The monoisotopic (exact) mass is 462 g/mol. The Kier molecular flexibility index (Phi) is 6.45. The topological polar surface area (TPSA) is 94.0 Å². The Morgan fingerprint density at radius 3 is 2.57 bits per heavy atom. The molecule has 5 N–H and O–H groups in total. The zero-order valence-electron chi connectivity index (χ0n) is 15.5. The highest BCUT2D eigenvalue weighted by atomic mass is 35.5. The van der Waals surface area contributed by atoms with Crippen molar-refractivity contribution >= 4 is 62.4 Å². The largest absolute Gasteiger partial charge is 0.375 e. The van der Waals surface area contributed by atoms with E-state index in [2.05, 4.69) is 10.3 Å². The molecule has 0 saturated carbocycles. The molecule has 0 spiro atoms. The fourth-order valence-corrected chi connectivity index (χ4v) is 4.21. The quantitative estimate of drug-likeness (QED) is 0.355. The second-order valence-electron chi connectivity index (χ2n) is 6.50. The van der Waals surface area contributed by atoms with Crippen LogP contribution in [0.4, 0.5) is 20.0 Å². The molecule has 5 nitrogen and oxygen atoms in total. The number of nitrogens with one attached hydrogen (secondary N) is 1. The Labute approximate surface area is 187 Å². The predicted molar refractivity (Wildman–Crippen MR) is 124 cm³/mol.